The van der Waals surface area contributed by atoms with Gasteiger partial charge in [-0.1, -0.05) is 30.3 Å². The first-order chi connectivity index (χ1) is 7.75. The average Bonchev–Trinajstić information content (AvgIpc) is 2.31. The molecular formula is C14H22N2. The van der Waals surface area contributed by atoms with Crippen molar-refractivity contribution >= 4 is 0 Å². The van der Waals surface area contributed by atoms with E-state index in [0.717, 1.165) is 13.1 Å². The topological polar surface area (TPSA) is 15.3 Å². The molecule has 0 spiro atoms. The van der Waals surface area contributed by atoms with Crippen LogP contribution in [0.2, 0.25) is 0 Å². The highest BCUT2D eigenvalue weighted by atomic mass is 15.2. The number of hydrogen-bond donors (Lipinski definition) is 1. The maximum Gasteiger partial charge on any atom is 0.0234 e. The van der Waals surface area contributed by atoms with Crippen LogP contribution in [-0.4, -0.2) is 30.6 Å². The second-order valence-electron chi connectivity index (χ2n) is 4.94. The molecule has 1 aliphatic heterocycles. The van der Waals surface area contributed by atoms with Crippen molar-refractivity contribution in [1.29, 1.82) is 0 Å². The molecule has 2 heteroatoms. The normalized spacial score (nSPS) is 25.9. The van der Waals surface area contributed by atoms with Gasteiger partial charge in [-0.2, -0.15) is 0 Å². The molecule has 2 atom stereocenters. The van der Waals surface area contributed by atoms with E-state index in [0.29, 0.717) is 12.1 Å². The lowest BCUT2D eigenvalue weighted by atomic mass is 10.0. The van der Waals surface area contributed by atoms with Crippen LogP contribution in [0, 0.1) is 0 Å². The van der Waals surface area contributed by atoms with Crippen LogP contribution in [0.15, 0.2) is 30.3 Å². The van der Waals surface area contributed by atoms with E-state index in [4.69, 9.17) is 0 Å². The first-order valence-corrected chi connectivity index (χ1v) is 6.23. The van der Waals surface area contributed by atoms with Crippen LogP contribution < -0.4 is 5.32 Å². The summed E-state index contributed by atoms with van der Waals surface area (Å²) in [7, 11) is 2.23. The summed E-state index contributed by atoms with van der Waals surface area (Å²) in [5.74, 6) is 0. The van der Waals surface area contributed by atoms with Crippen LogP contribution in [0.5, 0.6) is 0 Å². The lowest BCUT2D eigenvalue weighted by molar-refractivity contribution is 0.181. The highest BCUT2D eigenvalue weighted by Crippen LogP contribution is 2.14. The minimum Gasteiger partial charge on any atom is -0.313 e. The van der Waals surface area contributed by atoms with Crippen molar-refractivity contribution in [2.45, 2.75) is 38.4 Å². The minimum atomic E-state index is 0.691. The Morgan fingerprint density at radius 2 is 2.00 bits per heavy atom. The van der Waals surface area contributed by atoms with Crippen molar-refractivity contribution in [1.82, 2.24) is 10.2 Å². The molecule has 1 aromatic carbocycles. The van der Waals surface area contributed by atoms with E-state index in [1.54, 1.807) is 0 Å². The summed E-state index contributed by atoms with van der Waals surface area (Å²) >= 11 is 0. The molecule has 0 amide bonds. The second-order valence-corrected chi connectivity index (χ2v) is 4.94. The monoisotopic (exact) mass is 218 g/mol. The second kappa shape index (κ2) is 5.46. The number of rotatable bonds is 3. The molecule has 0 aliphatic carbocycles. The molecule has 2 nitrogen and oxygen atoms in total. The van der Waals surface area contributed by atoms with E-state index < -0.39 is 0 Å². The summed E-state index contributed by atoms with van der Waals surface area (Å²) in [5.41, 5.74) is 1.41. The Balaban J connectivity index is 1.86. The molecule has 0 radical (unpaired) electrons. The number of piperidine rings is 1. The van der Waals surface area contributed by atoms with Gasteiger partial charge in [0, 0.05) is 25.2 Å². The fourth-order valence-corrected chi connectivity index (χ4v) is 2.36. The van der Waals surface area contributed by atoms with Crippen LogP contribution in [0.4, 0.5) is 0 Å². The molecule has 1 saturated heterocycles. The molecule has 2 unspecified atom stereocenters. The predicted octanol–water partition coefficient (Wildman–Crippen LogP) is 2.26. The number of hydrogen-bond acceptors (Lipinski definition) is 2. The van der Waals surface area contributed by atoms with E-state index >= 15 is 0 Å². The van der Waals surface area contributed by atoms with Crippen LogP contribution >= 0.6 is 0 Å². The SMILES string of the molecule is CC1CCC(N(C)Cc2ccccc2)CN1. The fourth-order valence-electron chi connectivity index (χ4n) is 2.36. The Morgan fingerprint density at radius 1 is 1.25 bits per heavy atom. The summed E-state index contributed by atoms with van der Waals surface area (Å²) in [6, 6.07) is 12.1. The Morgan fingerprint density at radius 3 is 2.62 bits per heavy atom. The van der Waals surface area contributed by atoms with Crippen molar-refractivity contribution < 1.29 is 0 Å². The molecule has 2 rings (SSSR count). The summed E-state index contributed by atoms with van der Waals surface area (Å²) < 4.78 is 0. The maximum atomic E-state index is 3.56. The summed E-state index contributed by atoms with van der Waals surface area (Å²) in [6.45, 7) is 4.46. The third-order valence-corrected chi connectivity index (χ3v) is 3.53. The molecular weight excluding hydrogens is 196 g/mol. The van der Waals surface area contributed by atoms with Gasteiger partial charge < -0.3 is 5.32 Å². The van der Waals surface area contributed by atoms with Gasteiger partial charge in [-0.15, -0.1) is 0 Å². The van der Waals surface area contributed by atoms with Crippen molar-refractivity contribution in [2.24, 2.45) is 0 Å². The molecule has 1 aromatic rings. The van der Waals surface area contributed by atoms with Crippen molar-refractivity contribution in [2.75, 3.05) is 13.6 Å². The van der Waals surface area contributed by atoms with Crippen molar-refractivity contribution in [3.63, 3.8) is 0 Å². The van der Waals surface area contributed by atoms with E-state index in [-0.39, 0.29) is 0 Å². The van der Waals surface area contributed by atoms with Crippen LogP contribution in [0.25, 0.3) is 0 Å². The van der Waals surface area contributed by atoms with Gasteiger partial charge in [0.15, 0.2) is 0 Å². The van der Waals surface area contributed by atoms with Crippen molar-refractivity contribution in [3.8, 4) is 0 Å². The Labute approximate surface area is 98.7 Å². The van der Waals surface area contributed by atoms with E-state index in [1.165, 1.54) is 18.4 Å². The van der Waals surface area contributed by atoms with E-state index in [2.05, 4.69) is 54.5 Å². The van der Waals surface area contributed by atoms with E-state index in [9.17, 15) is 0 Å². The zero-order valence-corrected chi connectivity index (χ0v) is 10.3. The molecule has 0 aromatic heterocycles. The van der Waals surface area contributed by atoms with Gasteiger partial charge in [-0.3, -0.25) is 4.90 Å². The maximum absolute atomic E-state index is 3.56. The molecule has 1 aliphatic rings. The van der Waals surface area contributed by atoms with Gasteiger partial charge in [0.25, 0.3) is 0 Å². The molecule has 0 bridgehead atoms. The molecule has 1 N–H and O–H groups in total. The Kier molecular flexibility index (Phi) is 3.97. The quantitative estimate of drug-likeness (QED) is 0.837. The predicted molar refractivity (Wildman–Crippen MR) is 68.4 cm³/mol. The first-order valence-electron chi connectivity index (χ1n) is 6.23. The zero-order valence-electron chi connectivity index (χ0n) is 10.3. The summed E-state index contributed by atoms with van der Waals surface area (Å²) in [4.78, 5) is 2.47. The van der Waals surface area contributed by atoms with Gasteiger partial charge in [-0.25, -0.2) is 0 Å². The van der Waals surface area contributed by atoms with Crippen LogP contribution in [-0.2, 0) is 6.54 Å². The standard InChI is InChI=1S/C14H22N2/c1-12-8-9-14(10-15-12)16(2)11-13-6-4-3-5-7-13/h3-7,12,14-15H,8-11H2,1-2H3. The van der Waals surface area contributed by atoms with Gasteiger partial charge in [0.05, 0.1) is 0 Å². The smallest absolute Gasteiger partial charge is 0.0234 e. The molecule has 1 fully saturated rings. The van der Waals surface area contributed by atoms with Crippen molar-refractivity contribution in [3.05, 3.63) is 35.9 Å². The third kappa shape index (κ3) is 3.06. The molecule has 88 valence electrons. The number of nitrogens with zero attached hydrogens (tertiary/aromatic N) is 1. The highest BCUT2D eigenvalue weighted by molar-refractivity contribution is 5.14. The van der Waals surface area contributed by atoms with E-state index in [1.807, 2.05) is 0 Å². The molecule has 16 heavy (non-hydrogen) atoms. The number of nitrogens with one attached hydrogen (secondary N) is 1. The third-order valence-electron chi connectivity index (χ3n) is 3.53. The molecule has 0 saturated carbocycles. The lowest BCUT2D eigenvalue weighted by Crippen LogP contribution is -2.47. The minimum absolute atomic E-state index is 0.691. The average molecular weight is 218 g/mol. The van der Waals surface area contributed by atoms with Gasteiger partial charge in [0.1, 0.15) is 0 Å². The molecule has 1 heterocycles. The summed E-state index contributed by atoms with van der Waals surface area (Å²) in [5, 5.41) is 3.56. The lowest BCUT2D eigenvalue weighted by Gasteiger charge is -2.34. The summed E-state index contributed by atoms with van der Waals surface area (Å²) in [6.07, 6.45) is 2.61. The highest BCUT2D eigenvalue weighted by Gasteiger charge is 2.20. The van der Waals surface area contributed by atoms with Crippen LogP contribution in [0.1, 0.15) is 25.3 Å². The Bertz CT molecular complexity index is 302. The number of likely N-dealkylation sites (N-methyl/N-ethyl adjacent to an activating group) is 1. The van der Waals surface area contributed by atoms with Gasteiger partial charge in [0.2, 0.25) is 0 Å². The largest absolute Gasteiger partial charge is 0.313 e. The first kappa shape index (κ1) is 11.6. The van der Waals surface area contributed by atoms with Crippen LogP contribution in [0.3, 0.4) is 0 Å². The zero-order chi connectivity index (χ0) is 11.4. The van der Waals surface area contributed by atoms with Gasteiger partial charge >= 0.3 is 0 Å². The fraction of sp³-hybridized carbons (Fsp3) is 0.571. The van der Waals surface area contributed by atoms with Gasteiger partial charge in [-0.05, 0) is 32.4 Å². The number of benzene rings is 1. The Hall–Kier alpha value is -0.860.